The molecule has 6 heteroatoms. The summed E-state index contributed by atoms with van der Waals surface area (Å²) in [6.07, 6.45) is 1.00. The molecule has 2 heterocycles. The summed E-state index contributed by atoms with van der Waals surface area (Å²) in [7, 11) is 0. The first-order chi connectivity index (χ1) is 9.10. The van der Waals surface area contributed by atoms with Crippen LogP contribution in [-0.2, 0) is 13.0 Å². The quantitative estimate of drug-likeness (QED) is 0.911. The number of aryl methyl sites for hydroxylation is 1. The van der Waals surface area contributed by atoms with Gasteiger partial charge in [-0.25, -0.2) is 4.98 Å². The number of nitrogens with one attached hydrogen (secondary N) is 1. The summed E-state index contributed by atoms with van der Waals surface area (Å²) < 4.78 is 0. The SMILES string of the molecule is CCc1ccc(CNC(=O)c2nc(N)ccc2Cl)s1. The second-order valence-electron chi connectivity index (χ2n) is 3.97. The summed E-state index contributed by atoms with van der Waals surface area (Å²) in [6.45, 7) is 2.57. The molecule has 100 valence electrons. The molecule has 0 fully saturated rings. The van der Waals surface area contributed by atoms with Crippen LogP contribution in [0.25, 0.3) is 0 Å². The van der Waals surface area contributed by atoms with E-state index in [1.165, 1.54) is 4.88 Å². The van der Waals surface area contributed by atoms with Crippen molar-refractivity contribution >= 4 is 34.7 Å². The van der Waals surface area contributed by atoms with Crippen LogP contribution in [0.15, 0.2) is 24.3 Å². The number of anilines is 1. The van der Waals surface area contributed by atoms with E-state index >= 15 is 0 Å². The minimum Gasteiger partial charge on any atom is -0.384 e. The Kier molecular flexibility index (Phi) is 4.39. The van der Waals surface area contributed by atoms with Gasteiger partial charge in [-0.3, -0.25) is 4.79 Å². The summed E-state index contributed by atoms with van der Waals surface area (Å²) in [5.74, 6) is -0.0392. The predicted molar refractivity (Wildman–Crippen MR) is 78.5 cm³/mol. The van der Waals surface area contributed by atoms with E-state index < -0.39 is 0 Å². The largest absolute Gasteiger partial charge is 0.384 e. The summed E-state index contributed by atoms with van der Waals surface area (Å²) in [6, 6.07) is 7.21. The third-order valence-electron chi connectivity index (χ3n) is 2.57. The lowest BCUT2D eigenvalue weighted by molar-refractivity contribution is 0.0946. The number of nitrogens with zero attached hydrogens (tertiary/aromatic N) is 1. The minimum absolute atomic E-state index is 0.161. The Labute approximate surface area is 120 Å². The fourth-order valence-electron chi connectivity index (χ4n) is 1.57. The fraction of sp³-hybridized carbons (Fsp3) is 0.231. The highest BCUT2D eigenvalue weighted by Crippen LogP contribution is 2.18. The molecule has 2 aromatic heterocycles. The van der Waals surface area contributed by atoms with Crippen molar-refractivity contribution in [2.75, 3.05) is 5.73 Å². The molecule has 0 aromatic carbocycles. The molecule has 0 atom stereocenters. The lowest BCUT2D eigenvalue weighted by Crippen LogP contribution is -2.24. The number of amides is 1. The Morgan fingerprint density at radius 2 is 2.11 bits per heavy atom. The third-order valence-corrected chi connectivity index (χ3v) is 4.11. The number of carbonyl (C=O) groups excluding carboxylic acids is 1. The zero-order valence-corrected chi connectivity index (χ0v) is 12.0. The van der Waals surface area contributed by atoms with E-state index in [0.717, 1.165) is 11.3 Å². The van der Waals surface area contributed by atoms with Gasteiger partial charge >= 0.3 is 0 Å². The van der Waals surface area contributed by atoms with Gasteiger partial charge in [0.1, 0.15) is 11.5 Å². The lowest BCUT2D eigenvalue weighted by Gasteiger charge is -2.05. The first-order valence-electron chi connectivity index (χ1n) is 5.88. The van der Waals surface area contributed by atoms with Crippen LogP contribution in [0.4, 0.5) is 5.82 Å². The number of nitrogen functional groups attached to an aromatic ring is 1. The Bertz CT molecular complexity index is 597. The normalized spacial score (nSPS) is 10.4. The van der Waals surface area contributed by atoms with Crippen molar-refractivity contribution in [1.82, 2.24) is 10.3 Å². The molecule has 0 radical (unpaired) electrons. The van der Waals surface area contributed by atoms with Crippen LogP contribution in [0, 0.1) is 0 Å². The molecule has 0 bridgehead atoms. The van der Waals surface area contributed by atoms with Crippen molar-refractivity contribution in [1.29, 1.82) is 0 Å². The van der Waals surface area contributed by atoms with Crippen LogP contribution in [-0.4, -0.2) is 10.9 Å². The highest BCUT2D eigenvalue weighted by molar-refractivity contribution is 7.11. The molecule has 1 amide bonds. The minimum atomic E-state index is -0.316. The maximum absolute atomic E-state index is 12.0. The van der Waals surface area contributed by atoms with Gasteiger partial charge in [-0.1, -0.05) is 18.5 Å². The Morgan fingerprint density at radius 3 is 2.79 bits per heavy atom. The fourth-order valence-corrected chi connectivity index (χ4v) is 2.66. The number of pyridine rings is 1. The second-order valence-corrected chi connectivity index (χ2v) is 5.63. The van der Waals surface area contributed by atoms with Crippen molar-refractivity contribution in [3.63, 3.8) is 0 Å². The highest BCUT2D eigenvalue weighted by Gasteiger charge is 2.12. The van der Waals surface area contributed by atoms with E-state index in [1.807, 2.05) is 6.07 Å². The maximum atomic E-state index is 12.0. The van der Waals surface area contributed by atoms with Crippen molar-refractivity contribution in [3.8, 4) is 0 Å². The second kappa shape index (κ2) is 6.04. The Balaban J connectivity index is 2.03. The molecule has 0 unspecified atom stereocenters. The van der Waals surface area contributed by atoms with Crippen LogP contribution in [0.5, 0.6) is 0 Å². The van der Waals surface area contributed by atoms with E-state index in [9.17, 15) is 4.79 Å². The number of hydrogen-bond donors (Lipinski definition) is 2. The van der Waals surface area contributed by atoms with Crippen LogP contribution < -0.4 is 11.1 Å². The van der Waals surface area contributed by atoms with E-state index in [1.54, 1.807) is 23.5 Å². The maximum Gasteiger partial charge on any atom is 0.271 e. The summed E-state index contributed by atoms with van der Waals surface area (Å²) in [5, 5.41) is 3.09. The molecule has 0 saturated heterocycles. The van der Waals surface area contributed by atoms with Gasteiger partial charge in [-0.2, -0.15) is 0 Å². The van der Waals surface area contributed by atoms with Crippen LogP contribution in [0.1, 0.15) is 27.2 Å². The molecule has 4 nitrogen and oxygen atoms in total. The number of aromatic nitrogens is 1. The Morgan fingerprint density at radius 1 is 1.37 bits per heavy atom. The molecule has 19 heavy (non-hydrogen) atoms. The van der Waals surface area contributed by atoms with E-state index in [2.05, 4.69) is 23.3 Å². The molecule has 0 aliphatic heterocycles. The molecule has 0 saturated carbocycles. The number of halogens is 1. The van der Waals surface area contributed by atoms with Crippen molar-refractivity contribution < 1.29 is 4.79 Å². The molecule has 2 rings (SSSR count). The van der Waals surface area contributed by atoms with E-state index in [4.69, 9.17) is 17.3 Å². The average molecular weight is 296 g/mol. The standard InChI is InChI=1S/C13H14ClN3OS/c1-2-8-3-4-9(19-8)7-16-13(18)12-10(14)5-6-11(15)17-12/h3-6H,2,7H2,1H3,(H2,15,17)(H,16,18). The molecule has 0 spiro atoms. The highest BCUT2D eigenvalue weighted by atomic mass is 35.5. The number of thiophene rings is 1. The first kappa shape index (κ1) is 13.8. The summed E-state index contributed by atoms with van der Waals surface area (Å²) in [5.41, 5.74) is 5.71. The van der Waals surface area contributed by atoms with Crippen LogP contribution in [0.2, 0.25) is 5.02 Å². The van der Waals surface area contributed by atoms with Gasteiger partial charge in [0.25, 0.3) is 5.91 Å². The number of nitrogens with two attached hydrogens (primary N) is 1. The van der Waals surface area contributed by atoms with Gasteiger partial charge in [-0.15, -0.1) is 11.3 Å². The summed E-state index contributed by atoms with van der Waals surface area (Å²) in [4.78, 5) is 18.3. The van der Waals surface area contributed by atoms with Crippen molar-refractivity contribution in [2.45, 2.75) is 19.9 Å². The molecule has 0 aliphatic rings. The van der Waals surface area contributed by atoms with Gasteiger partial charge in [0, 0.05) is 9.75 Å². The molecule has 2 aromatic rings. The predicted octanol–water partition coefficient (Wildman–Crippen LogP) is 2.87. The lowest BCUT2D eigenvalue weighted by atomic mass is 10.3. The van der Waals surface area contributed by atoms with Crippen molar-refractivity contribution in [3.05, 3.63) is 44.7 Å². The molecule has 3 N–H and O–H groups in total. The number of hydrogen-bond acceptors (Lipinski definition) is 4. The van der Waals surface area contributed by atoms with E-state index in [-0.39, 0.29) is 17.4 Å². The third kappa shape index (κ3) is 3.45. The van der Waals surface area contributed by atoms with Crippen molar-refractivity contribution in [2.24, 2.45) is 0 Å². The summed E-state index contributed by atoms with van der Waals surface area (Å²) >= 11 is 7.61. The molecular weight excluding hydrogens is 282 g/mol. The molecule has 0 aliphatic carbocycles. The Hall–Kier alpha value is -1.59. The monoisotopic (exact) mass is 295 g/mol. The van der Waals surface area contributed by atoms with Gasteiger partial charge < -0.3 is 11.1 Å². The number of rotatable bonds is 4. The topological polar surface area (TPSA) is 68.0 Å². The molecular formula is C13H14ClN3OS. The van der Waals surface area contributed by atoms with Gasteiger partial charge in [0.05, 0.1) is 11.6 Å². The van der Waals surface area contributed by atoms with Gasteiger partial charge in [0.15, 0.2) is 0 Å². The average Bonchev–Trinajstić information content (AvgIpc) is 2.87. The zero-order chi connectivity index (χ0) is 13.8. The van der Waals surface area contributed by atoms with Gasteiger partial charge in [0.2, 0.25) is 0 Å². The van der Waals surface area contributed by atoms with Crippen LogP contribution >= 0.6 is 22.9 Å². The number of carbonyl (C=O) groups is 1. The first-order valence-corrected chi connectivity index (χ1v) is 7.07. The van der Waals surface area contributed by atoms with E-state index in [0.29, 0.717) is 11.6 Å². The zero-order valence-electron chi connectivity index (χ0n) is 10.4. The van der Waals surface area contributed by atoms with Gasteiger partial charge in [-0.05, 0) is 30.7 Å². The van der Waals surface area contributed by atoms with Crippen LogP contribution in [0.3, 0.4) is 0 Å². The smallest absolute Gasteiger partial charge is 0.271 e.